The lowest BCUT2D eigenvalue weighted by atomic mass is 9.84. The summed E-state index contributed by atoms with van der Waals surface area (Å²) >= 11 is 0. The molecule has 0 unspecified atom stereocenters. The molecule has 0 bridgehead atoms. The van der Waals surface area contributed by atoms with Crippen molar-refractivity contribution >= 4 is 43.1 Å². The van der Waals surface area contributed by atoms with Crippen LogP contribution in [0.2, 0.25) is 0 Å². The van der Waals surface area contributed by atoms with Gasteiger partial charge in [0.15, 0.2) is 0 Å². The van der Waals surface area contributed by atoms with Crippen LogP contribution in [0.1, 0.15) is 17.8 Å². The van der Waals surface area contributed by atoms with Crippen LogP contribution in [-0.2, 0) is 0 Å². The van der Waals surface area contributed by atoms with Crippen LogP contribution in [0.4, 0.5) is 0 Å². The minimum atomic E-state index is -0.586. The zero-order valence-corrected chi connectivity index (χ0v) is 17.7. The molecule has 7 aromatic rings. The first kappa shape index (κ1) is 10.2. The summed E-state index contributed by atoms with van der Waals surface area (Å²) in [7, 11) is 0. The lowest BCUT2D eigenvalue weighted by Crippen LogP contribution is -1.91. The summed E-state index contributed by atoms with van der Waals surface area (Å²) in [6.07, 6.45) is 0. The van der Waals surface area contributed by atoms with Gasteiger partial charge in [0.25, 0.3) is 0 Å². The lowest BCUT2D eigenvalue weighted by Gasteiger charge is -2.19. The molecule has 7 aromatic carbocycles. The highest BCUT2D eigenvalue weighted by atomic mass is 14.2. The summed E-state index contributed by atoms with van der Waals surface area (Å²) < 4.78 is 113. The quantitative estimate of drug-likeness (QED) is 0.233. The van der Waals surface area contributed by atoms with E-state index in [0.717, 1.165) is 10.8 Å². The van der Waals surface area contributed by atoms with Gasteiger partial charge in [0.1, 0.15) is 0 Å². The molecular weight excluding hydrogens is 408 g/mol. The maximum Gasteiger partial charge on any atom is 0.0629 e. The Bertz CT molecular complexity index is 2470. The van der Waals surface area contributed by atoms with Crippen molar-refractivity contribution in [1.82, 2.24) is 0 Å². The van der Waals surface area contributed by atoms with Gasteiger partial charge in [0.05, 0.1) is 17.8 Å². The van der Waals surface area contributed by atoms with Crippen LogP contribution in [0.3, 0.4) is 0 Å². The zero-order chi connectivity index (χ0) is 33.8. The van der Waals surface area contributed by atoms with Crippen molar-refractivity contribution in [1.29, 1.82) is 0 Å². The van der Waals surface area contributed by atoms with Crippen molar-refractivity contribution in [2.75, 3.05) is 0 Å². The number of rotatable bonds is 2. The summed E-state index contributed by atoms with van der Waals surface area (Å²) in [6, 6.07) is 9.14. The first-order chi connectivity index (χ1) is 22.3. The molecule has 0 aliphatic heterocycles. The molecule has 0 fully saturated rings. The molecule has 0 heterocycles. The molecule has 0 aliphatic rings. The van der Waals surface area contributed by atoms with Gasteiger partial charge in [-0.15, -0.1) is 0 Å². The van der Waals surface area contributed by atoms with Crippen molar-refractivity contribution in [3.8, 4) is 22.3 Å². The number of benzene rings is 7. The minimum absolute atomic E-state index is 0.0113. The van der Waals surface area contributed by atoms with Crippen molar-refractivity contribution in [2.24, 2.45) is 0 Å². The monoisotopic (exact) mass is 443 g/mol. The van der Waals surface area contributed by atoms with Gasteiger partial charge in [-0.05, 0) is 71.4 Å². The minimum Gasteiger partial charge on any atom is -0.0616 e. The van der Waals surface area contributed by atoms with Gasteiger partial charge in [0, 0.05) is 0 Å². The molecule has 0 amide bonds. The Morgan fingerprint density at radius 1 is 0.412 bits per heavy atom. The number of fused-ring (bicyclic) bond motifs is 4. The Hall–Kier alpha value is -4.42. The van der Waals surface area contributed by atoms with Crippen LogP contribution in [0.25, 0.3) is 65.3 Å². The Balaban J connectivity index is 1.87. The molecule has 0 heteroatoms. The molecule has 7 rings (SSSR count). The fourth-order valence-corrected chi connectivity index (χ4v) is 4.65. The maximum absolute atomic E-state index is 9.15. The predicted octanol–water partition coefficient (Wildman–Crippen LogP) is 9.63. The lowest BCUT2D eigenvalue weighted by molar-refractivity contribution is 1.68. The first-order valence-corrected chi connectivity index (χ1v) is 10.7. The highest BCUT2D eigenvalue weighted by Gasteiger charge is 2.17. The fourth-order valence-electron chi connectivity index (χ4n) is 4.65. The maximum atomic E-state index is 9.15. The van der Waals surface area contributed by atoms with E-state index in [1.807, 2.05) is 30.3 Å². The second kappa shape index (κ2) is 7.57. The van der Waals surface area contributed by atoms with Gasteiger partial charge >= 0.3 is 0 Å². The van der Waals surface area contributed by atoms with Crippen LogP contribution >= 0.6 is 0 Å². The molecule has 0 saturated heterocycles. The fraction of sp³-hybridized carbons (Fsp3) is 0. The molecule has 0 N–H and O–H groups in total. The SMILES string of the molecule is [2H]c1cc2c(-c3c4c([2H])c([2H])c([2H])c([2H])c4c(-c4ccc5ccccc5c4)c4c([2H])c([2H])c([2H])c([2H])c34)cc([2H])c([2H])c2c([2H])c1[2H]. The summed E-state index contributed by atoms with van der Waals surface area (Å²) in [5, 5.41) is 1.44. The average Bonchev–Trinajstić information content (AvgIpc) is 3.06. The molecule has 158 valence electrons. The van der Waals surface area contributed by atoms with Gasteiger partial charge in [-0.25, -0.2) is 0 Å². The van der Waals surface area contributed by atoms with Crippen LogP contribution < -0.4 is 0 Å². The first-order valence-electron chi connectivity index (χ1n) is 17.2. The largest absolute Gasteiger partial charge is 0.0629 e. The topological polar surface area (TPSA) is 0 Å². The van der Waals surface area contributed by atoms with E-state index >= 15 is 0 Å². The number of hydrogen-bond donors (Lipinski definition) is 0. The van der Waals surface area contributed by atoms with E-state index in [4.69, 9.17) is 17.8 Å². The van der Waals surface area contributed by atoms with Gasteiger partial charge < -0.3 is 0 Å². The molecule has 0 spiro atoms. The Morgan fingerprint density at radius 2 is 1.03 bits per heavy atom. The number of hydrogen-bond acceptors (Lipinski definition) is 0. The second-order valence-corrected chi connectivity index (χ2v) is 7.97. The molecule has 0 nitrogen and oxygen atoms in total. The smallest absolute Gasteiger partial charge is 0.0616 e. The third-order valence-corrected chi connectivity index (χ3v) is 6.13. The Labute approximate surface area is 217 Å². The van der Waals surface area contributed by atoms with E-state index < -0.39 is 60.4 Å². The van der Waals surface area contributed by atoms with E-state index in [2.05, 4.69) is 0 Å². The molecule has 0 aromatic heterocycles. The molecule has 0 atom stereocenters. The third kappa shape index (κ3) is 2.86. The Kier molecular flexibility index (Phi) is 2.28. The summed E-state index contributed by atoms with van der Waals surface area (Å²) in [5.41, 5.74) is 0.618. The van der Waals surface area contributed by atoms with Gasteiger partial charge in [-0.2, -0.15) is 0 Å². The zero-order valence-electron chi connectivity index (χ0n) is 30.7. The van der Waals surface area contributed by atoms with E-state index in [0.29, 0.717) is 5.56 Å². The second-order valence-electron chi connectivity index (χ2n) is 7.97. The standard InChI is InChI=1S/C34H22/c1-2-12-25-22-26(21-20-23(25)10-1)33-29-15-5-7-17-31(29)34(32-18-8-6-16-30(32)33)28-19-9-13-24-11-3-4-14-27(24)28/h1-22H/i3D,4D,5D,6D,7D,8D,9D,11D,13D,15D,16D,17D,18D. The van der Waals surface area contributed by atoms with Crippen LogP contribution in [0, 0.1) is 0 Å². The van der Waals surface area contributed by atoms with Crippen LogP contribution in [0.15, 0.2) is 133 Å². The molecular formula is C34H22. The summed E-state index contributed by atoms with van der Waals surface area (Å²) in [5.74, 6) is 0. The highest BCUT2D eigenvalue weighted by molar-refractivity contribution is 6.23. The highest BCUT2D eigenvalue weighted by Crippen LogP contribution is 2.45. The van der Waals surface area contributed by atoms with Gasteiger partial charge in [-0.3, -0.25) is 0 Å². The van der Waals surface area contributed by atoms with Crippen molar-refractivity contribution < 1.29 is 17.8 Å². The normalized spacial score (nSPS) is 16.9. The van der Waals surface area contributed by atoms with Crippen molar-refractivity contribution in [3.05, 3.63) is 133 Å². The molecule has 0 radical (unpaired) electrons. The predicted molar refractivity (Wildman–Crippen MR) is 147 cm³/mol. The Morgan fingerprint density at radius 3 is 1.76 bits per heavy atom. The summed E-state index contributed by atoms with van der Waals surface area (Å²) in [6.45, 7) is 0. The van der Waals surface area contributed by atoms with Crippen molar-refractivity contribution in [2.45, 2.75) is 0 Å². The molecule has 0 aliphatic carbocycles. The molecule has 34 heavy (non-hydrogen) atoms. The van der Waals surface area contributed by atoms with E-state index in [1.165, 1.54) is 12.1 Å². The third-order valence-electron chi connectivity index (χ3n) is 6.13. The van der Waals surface area contributed by atoms with Crippen LogP contribution in [-0.4, -0.2) is 0 Å². The average molecular weight is 444 g/mol. The van der Waals surface area contributed by atoms with E-state index in [1.54, 1.807) is 12.1 Å². The summed E-state index contributed by atoms with van der Waals surface area (Å²) in [4.78, 5) is 0. The van der Waals surface area contributed by atoms with Crippen LogP contribution in [0.5, 0.6) is 0 Å². The van der Waals surface area contributed by atoms with Crippen molar-refractivity contribution in [3.63, 3.8) is 0 Å². The molecule has 0 saturated carbocycles. The van der Waals surface area contributed by atoms with Gasteiger partial charge in [0.2, 0.25) is 0 Å². The van der Waals surface area contributed by atoms with E-state index in [-0.39, 0.29) is 67.1 Å². The van der Waals surface area contributed by atoms with E-state index in [9.17, 15) is 0 Å². The van der Waals surface area contributed by atoms with Gasteiger partial charge in [-0.1, -0.05) is 127 Å².